The first-order valence-corrected chi connectivity index (χ1v) is 5.54. The molecular weight excluding hydrogens is 232 g/mol. The number of rotatable bonds is 2. The molecule has 0 unspecified atom stereocenters. The molecule has 1 heterocycles. The van der Waals surface area contributed by atoms with Gasteiger partial charge in [0.15, 0.2) is 0 Å². The molecule has 0 saturated heterocycles. The molecule has 0 bridgehead atoms. The van der Waals surface area contributed by atoms with Crippen molar-refractivity contribution in [2.24, 2.45) is 0 Å². The predicted octanol–water partition coefficient (Wildman–Crippen LogP) is 2.28. The highest BCUT2D eigenvalue weighted by Gasteiger charge is 2.08. The zero-order valence-electron chi connectivity index (χ0n) is 10.2. The highest BCUT2D eigenvalue weighted by Crippen LogP contribution is 2.25. The molecule has 4 nitrogen and oxygen atoms in total. The first-order chi connectivity index (χ1) is 8.35. The minimum atomic E-state index is -0.954. The Morgan fingerprint density at radius 3 is 2.67 bits per heavy atom. The molecular formula is C14H14O4. The first-order valence-electron chi connectivity index (χ1n) is 5.54. The van der Waals surface area contributed by atoms with Crippen LogP contribution in [0.3, 0.4) is 0 Å². The second-order valence-corrected chi connectivity index (χ2v) is 4.69. The molecule has 0 spiro atoms. The molecule has 0 aliphatic heterocycles. The summed E-state index contributed by atoms with van der Waals surface area (Å²) in [6.45, 7) is 3.28. The van der Waals surface area contributed by atoms with Crippen LogP contribution >= 0.6 is 0 Å². The van der Waals surface area contributed by atoms with Crippen molar-refractivity contribution in [1.29, 1.82) is 0 Å². The van der Waals surface area contributed by atoms with Crippen molar-refractivity contribution >= 4 is 17.0 Å². The molecule has 4 heteroatoms. The van der Waals surface area contributed by atoms with E-state index in [2.05, 4.69) is 0 Å². The van der Waals surface area contributed by atoms with Gasteiger partial charge in [-0.3, -0.25) is 0 Å². The fraction of sp³-hybridized carbons (Fsp3) is 0.214. The third kappa shape index (κ3) is 2.78. The summed E-state index contributed by atoms with van der Waals surface area (Å²) in [4.78, 5) is 11.0. The summed E-state index contributed by atoms with van der Waals surface area (Å²) in [5.74, 6) is -0.00245. The lowest BCUT2D eigenvalue weighted by molar-refractivity contribution is 0.134. The van der Waals surface area contributed by atoms with Gasteiger partial charge in [0, 0.05) is 23.1 Å². The van der Waals surface area contributed by atoms with E-state index in [1.807, 2.05) is 0 Å². The van der Waals surface area contributed by atoms with Crippen LogP contribution in [0.4, 0.5) is 0 Å². The number of fused-ring (bicyclic) bond motifs is 1. The van der Waals surface area contributed by atoms with Gasteiger partial charge in [0.25, 0.3) is 0 Å². The van der Waals surface area contributed by atoms with Crippen molar-refractivity contribution in [3.63, 3.8) is 0 Å². The fourth-order valence-corrected chi connectivity index (χ4v) is 1.55. The van der Waals surface area contributed by atoms with E-state index in [0.29, 0.717) is 16.5 Å². The number of phenols is 1. The van der Waals surface area contributed by atoms with E-state index in [9.17, 15) is 15.0 Å². The predicted molar refractivity (Wildman–Crippen MR) is 69.5 cm³/mol. The molecule has 18 heavy (non-hydrogen) atoms. The summed E-state index contributed by atoms with van der Waals surface area (Å²) in [7, 11) is 0. The normalized spacial score (nSPS) is 12.4. The van der Waals surface area contributed by atoms with E-state index in [-0.39, 0.29) is 5.75 Å². The lowest BCUT2D eigenvalue weighted by Crippen LogP contribution is -2.13. The maximum atomic E-state index is 11.0. The second-order valence-electron chi connectivity index (χ2n) is 4.69. The molecule has 2 N–H and O–H groups in total. The lowest BCUT2D eigenvalue weighted by Gasteiger charge is -2.10. The Balaban J connectivity index is 2.53. The number of aliphatic hydroxyl groups is 1. The quantitative estimate of drug-likeness (QED) is 0.797. The fourth-order valence-electron chi connectivity index (χ4n) is 1.55. The van der Waals surface area contributed by atoms with Gasteiger partial charge in [-0.1, -0.05) is 12.2 Å². The summed E-state index contributed by atoms with van der Waals surface area (Å²) < 4.78 is 4.95. The SMILES string of the molecule is CC(C)(O)/C=C\c1cc2ccc(=O)oc2cc1O. The zero-order chi connectivity index (χ0) is 13.3. The minimum absolute atomic E-state index is 0.00245. The summed E-state index contributed by atoms with van der Waals surface area (Å²) in [5, 5.41) is 20.1. The molecule has 0 radical (unpaired) electrons. The van der Waals surface area contributed by atoms with E-state index >= 15 is 0 Å². The van der Waals surface area contributed by atoms with Gasteiger partial charge >= 0.3 is 5.63 Å². The van der Waals surface area contributed by atoms with Gasteiger partial charge in [0.1, 0.15) is 11.3 Å². The van der Waals surface area contributed by atoms with Crippen molar-refractivity contribution in [2.75, 3.05) is 0 Å². The lowest BCUT2D eigenvalue weighted by atomic mass is 10.1. The highest BCUT2D eigenvalue weighted by atomic mass is 16.4. The van der Waals surface area contributed by atoms with Gasteiger partial charge in [0.05, 0.1) is 5.60 Å². The Labute approximate surface area is 104 Å². The minimum Gasteiger partial charge on any atom is -0.507 e. The maximum Gasteiger partial charge on any atom is 0.336 e. The van der Waals surface area contributed by atoms with Crippen molar-refractivity contribution < 1.29 is 14.6 Å². The average molecular weight is 246 g/mol. The third-order valence-electron chi connectivity index (χ3n) is 2.44. The number of phenolic OH excluding ortho intramolecular Hbond substituents is 1. The molecule has 0 amide bonds. The molecule has 94 valence electrons. The summed E-state index contributed by atoms with van der Waals surface area (Å²) in [5.41, 5.74) is -0.523. The molecule has 0 saturated carbocycles. The average Bonchev–Trinajstić information content (AvgIpc) is 2.25. The van der Waals surface area contributed by atoms with Crippen LogP contribution in [0.1, 0.15) is 19.4 Å². The van der Waals surface area contributed by atoms with Gasteiger partial charge in [-0.25, -0.2) is 4.79 Å². The van der Waals surface area contributed by atoms with Crippen LogP contribution in [0, 0.1) is 0 Å². The van der Waals surface area contributed by atoms with Crippen LogP contribution in [0.15, 0.2) is 39.6 Å². The van der Waals surface area contributed by atoms with Gasteiger partial charge in [0.2, 0.25) is 0 Å². The Kier molecular flexibility index (Phi) is 2.97. The van der Waals surface area contributed by atoms with Crippen molar-refractivity contribution in [1.82, 2.24) is 0 Å². The third-order valence-corrected chi connectivity index (χ3v) is 2.44. The van der Waals surface area contributed by atoms with E-state index in [4.69, 9.17) is 4.42 Å². The van der Waals surface area contributed by atoms with Crippen molar-refractivity contribution in [3.8, 4) is 5.75 Å². The number of hydrogen-bond acceptors (Lipinski definition) is 4. The number of benzene rings is 1. The Bertz CT molecular complexity index is 660. The Morgan fingerprint density at radius 1 is 1.28 bits per heavy atom. The summed E-state index contributed by atoms with van der Waals surface area (Å²) in [6, 6.07) is 6.03. The molecule has 1 aromatic heterocycles. The van der Waals surface area contributed by atoms with E-state index < -0.39 is 11.2 Å². The molecule has 2 rings (SSSR count). The van der Waals surface area contributed by atoms with Crippen molar-refractivity contribution in [2.45, 2.75) is 19.4 Å². The molecule has 0 fully saturated rings. The molecule has 0 aliphatic rings. The zero-order valence-corrected chi connectivity index (χ0v) is 10.2. The summed E-state index contributed by atoms with van der Waals surface area (Å²) in [6.07, 6.45) is 3.20. The van der Waals surface area contributed by atoms with Crippen LogP contribution in [0.25, 0.3) is 17.0 Å². The largest absolute Gasteiger partial charge is 0.507 e. The van der Waals surface area contributed by atoms with Gasteiger partial charge < -0.3 is 14.6 Å². The van der Waals surface area contributed by atoms with Crippen molar-refractivity contribution in [3.05, 3.63) is 46.3 Å². The Morgan fingerprint density at radius 2 is 2.00 bits per heavy atom. The van der Waals surface area contributed by atoms with E-state index in [0.717, 1.165) is 0 Å². The molecule has 0 aliphatic carbocycles. The number of hydrogen-bond donors (Lipinski definition) is 2. The van der Waals surface area contributed by atoms with E-state index in [1.54, 1.807) is 38.1 Å². The molecule has 2 aromatic rings. The van der Waals surface area contributed by atoms with Crippen LogP contribution in [-0.2, 0) is 0 Å². The van der Waals surface area contributed by atoms with Crippen LogP contribution in [-0.4, -0.2) is 15.8 Å². The van der Waals surface area contributed by atoms with E-state index in [1.165, 1.54) is 12.1 Å². The first kappa shape index (κ1) is 12.4. The molecule has 0 atom stereocenters. The highest BCUT2D eigenvalue weighted by molar-refractivity contribution is 5.82. The Hall–Kier alpha value is -2.07. The topological polar surface area (TPSA) is 70.7 Å². The summed E-state index contributed by atoms with van der Waals surface area (Å²) >= 11 is 0. The van der Waals surface area contributed by atoms with Crippen LogP contribution < -0.4 is 5.63 Å². The second kappa shape index (κ2) is 4.31. The van der Waals surface area contributed by atoms with Crippen LogP contribution in [0.2, 0.25) is 0 Å². The standard InChI is InChI=1S/C14H14O4/c1-14(2,17)6-5-9-7-10-3-4-13(16)18-12(10)8-11(9)15/h3-8,15,17H,1-2H3/b6-5-. The maximum absolute atomic E-state index is 11.0. The van der Waals surface area contributed by atoms with Crippen LogP contribution in [0.5, 0.6) is 5.75 Å². The van der Waals surface area contributed by atoms with Gasteiger partial charge in [-0.2, -0.15) is 0 Å². The number of aromatic hydroxyl groups is 1. The van der Waals surface area contributed by atoms with Gasteiger partial charge in [-0.15, -0.1) is 0 Å². The monoisotopic (exact) mass is 246 g/mol. The smallest absolute Gasteiger partial charge is 0.336 e. The molecule has 1 aromatic carbocycles. The van der Waals surface area contributed by atoms with Gasteiger partial charge in [-0.05, 0) is 26.0 Å².